The van der Waals surface area contributed by atoms with Crippen LogP contribution in [0.1, 0.15) is 11.1 Å². The van der Waals surface area contributed by atoms with Gasteiger partial charge in [-0.25, -0.2) is 0 Å². The molecule has 0 saturated carbocycles. The van der Waals surface area contributed by atoms with E-state index < -0.39 is 0 Å². The molecule has 0 bridgehead atoms. The molecule has 20 heavy (non-hydrogen) atoms. The van der Waals surface area contributed by atoms with E-state index in [-0.39, 0.29) is 13.2 Å². The number of anilines is 2. The number of hydrogen-bond acceptors (Lipinski definition) is 4. The normalized spacial score (nSPS) is 9.70. The Kier molecular flexibility index (Phi) is 7.17. The number of hydrogen-bond donors (Lipinski definition) is 4. The summed E-state index contributed by atoms with van der Waals surface area (Å²) in [6, 6.07) is 15.1. The summed E-state index contributed by atoms with van der Waals surface area (Å²) < 4.78 is 0. The van der Waals surface area contributed by atoms with Gasteiger partial charge in [0.2, 0.25) is 0 Å². The molecule has 0 aromatic heterocycles. The van der Waals surface area contributed by atoms with Gasteiger partial charge in [-0.05, 0) is 42.2 Å². The van der Waals surface area contributed by atoms with Crippen LogP contribution in [0.15, 0.2) is 48.5 Å². The molecular formula is C16H22N2O2. The fourth-order valence-corrected chi connectivity index (χ4v) is 1.70. The summed E-state index contributed by atoms with van der Waals surface area (Å²) in [5.41, 5.74) is 14.7. The summed E-state index contributed by atoms with van der Waals surface area (Å²) in [6.45, 7) is 0.359. The number of aliphatic hydroxyl groups excluding tert-OH is 2. The van der Waals surface area contributed by atoms with Crippen LogP contribution < -0.4 is 11.5 Å². The van der Waals surface area contributed by atoms with Crippen LogP contribution in [-0.4, -0.2) is 23.4 Å². The van der Waals surface area contributed by atoms with Crippen LogP contribution in [-0.2, 0) is 12.8 Å². The SMILES string of the molecule is Nc1ccc(CCO)cc1.Nc1ccccc1CCO. The van der Waals surface area contributed by atoms with Crippen molar-refractivity contribution in [1.29, 1.82) is 0 Å². The second kappa shape index (κ2) is 8.96. The molecule has 4 heteroatoms. The first-order chi connectivity index (χ1) is 9.67. The van der Waals surface area contributed by atoms with Gasteiger partial charge >= 0.3 is 0 Å². The quantitative estimate of drug-likeness (QED) is 0.637. The van der Waals surface area contributed by atoms with Gasteiger partial charge in [0, 0.05) is 24.6 Å². The summed E-state index contributed by atoms with van der Waals surface area (Å²) >= 11 is 0. The van der Waals surface area contributed by atoms with Crippen molar-refractivity contribution in [3.05, 3.63) is 59.7 Å². The molecule has 0 aliphatic rings. The molecule has 2 aromatic carbocycles. The third-order valence-electron chi connectivity index (χ3n) is 2.82. The Hall–Kier alpha value is -2.04. The van der Waals surface area contributed by atoms with E-state index in [0.717, 1.165) is 22.5 Å². The lowest BCUT2D eigenvalue weighted by Gasteiger charge is -2.00. The van der Waals surface area contributed by atoms with E-state index in [4.69, 9.17) is 21.7 Å². The van der Waals surface area contributed by atoms with Crippen LogP contribution in [0.3, 0.4) is 0 Å². The van der Waals surface area contributed by atoms with Gasteiger partial charge in [0.15, 0.2) is 0 Å². The van der Waals surface area contributed by atoms with Crippen molar-refractivity contribution >= 4 is 11.4 Å². The van der Waals surface area contributed by atoms with Crippen molar-refractivity contribution in [2.75, 3.05) is 24.7 Å². The highest BCUT2D eigenvalue weighted by atomic mass is 16.3. The first-order valence-corrected chi connectivity index (χ1v) is 6.57. The maximum Gasteiger partial charge on any atom is 0.0472 e. The molecule has 0 fully saturated rings. The molecule has 2 aromatic rings. The molecule has 0 unspecified atom stereocenters. The molecule has 0 atom stereocenters. The Balaban J connectivity index is 0.000000200. The first-order valence-electron chi connectivity index (χ1n) is 6.57. The van der Waals surface area contributed by atoms with Gasteiger partial charge in [-0.2, -0.15) is 0 Å². The van der Waals surface area contributed by atoms with Crippen LogP contribution in [0.2, 0.25) is 0 Å². The number of aliphatic hydroxyl groups is 2. The molecule has 0 saturated heterocycles. The standard InChI is InChI=1S/2C8H11NO/c9-8-3-1-7(2-4-8)5-6-10;9-8-4-2-1-3-7(8)5-6-10/h2*1-4,10H,5-6,9H2. The van der Waals surface area contributed by atoms with Crippen LogP contribution in [0.25, 0.3) is 0 Å². The van der Waals surface area contributed by atoms with Gasteiger partial charge in [0.1, 0.15) is 0 Å². The van der Waals surface area contributed by atoms with Crippen LogP contribution in [0.5, 0.6) is 0 Å². The van der Waals surface area contributed by atoms with E-state index >= 15 is 0 Å². The van der Waals surface area contributed by atoms with E-state index in [1.807, 2.05) is 48.5 Å². The number of rotatable bonds is 4. The van der Waals surface area contributed by atoms with E-state index in [2.05, 4.69) is 0 Å². The van der Waals surface area contributed by atoms with Crippen LogP contribution in [0, 0.1) is 0 Å². The summed E-state index contributed by atoms with van der Waals surface area (Å²) in [6.07, 6.45) is 1.35. The lowest BCUT2D eigenvalue weighted by molar-refractivity contribution is 0.299. The van der Waals surface area contributed by atoms with Crippen molar-refractivity contribution in [3.8, 4) is 0 Å². The fraction of sp³-hybridized carbons (Fsp3) is 0.250. The summed E-state index contributed by atoms with van der Waals surface area (Å²) in [7, 11) is 0. The molecule has 0 amide bonds. The first kappa shape index (κ1) is 16.0. The highest BCUT2D eigenvalue weighted by Crippen LogP contribution is 2.09. The molecule has 6 N–H and O–H groups in total. The molecule has 108 valence electrons. The summed E-state index contributed by atoms with van der Waals surface area (Å²) in [4.78, 5) is 0. The number of nitrogen functional groups attached to an aromatic ring is 2. The molecule has 4 nitrogen and oxygen atoms in total. The van der Waals surface area contributed by atoms with Crippen molar-refractivity contribution in [1.82, 2.24) is 0 Å². The Labute approximate surface area is 119 Å². The molecule has 0 aliphatic heterocycles. The Morgan fingerprint density at radius 3 is 1.90 bits per heavy atom. The van der Waals surface area contributed by atoms with Crippen molar-refractivity contribution in [2.24, 2.45) is 0 Å². The predicted molar refractivity (Wildman–Crippen MR) is 83.3 cm³/mol. The second-order valence-electron chi connectivity index (χ2n) is 4.39. The number of para-hydroxylation sites is 1. The lowest BCUT2D eigenvalue weighted by atomic mass is 10.1. The van der Waals surface area contributed by atoms with Crippen LogP contribution in [0.4, 0.5) is 11.4 Å². The van der Waals surface area contributed by atoms with Gasteiger partial charge in [-0.15, -0.1) is 0 Å². The number of benzene rings is 2. The van der Waals surface area contributed by atoms with E-state index in [9.17, 15) is 0 Å². The Morgan fingerprint density at radius 1 is 0.750 bits per heavy atom. The van der Waals surface area contributed by atoms with E-state index in [0.29, 0.717) is 12.8 Å². The van der Waals surface area contributed by atoms with Crippen molar-refractivity contribution < 1.29 is 10.2 Å². The van der Waals surface area contributed by atoms with Crippen LogP contribution >= 0.6 is 0 Å². The second-order valence-corrected chi connectivity index (χ2v) is 4.39. The fourth-order valence-electron chi connectivity index (χ4n) is 1.70. The zero-order valence-corrected chi connectivity index (χ0v) is 11.5. The van der Waals surface area contributed by atoms with Gasteiger partial charge in [0.25, 0.3) is 0 Å². The minimum atomic E-state index is 0.161. The highest BCUT2D eigenvalue weighted by Gasteiger charge is 1.93. The third-order valence-corrected chi connectivity index (χ3v) is 2.82. The molecule has 0 aliphatic carbocycles. The summed E-state index contributed by atoms with van der Waals surface area (Å²) in [5.74, 6) is 0. The predicted octanol–water partition coefficient (Wildman–Crippen LogP) is 1.61. The monoisotopic (exact) mass is 274 g/mol. The third kappa shape index (κ3) is 5.73. The molecule has 0 radical (unpaired) electrons. The Morgan fingerprint density at radius 2 is 1.35 bits per heavy atom. The zero-order valence-electron chi connectivity index (χ0n) is 11.5. The van der Waals surface area contributed by atoms with Crippen molar-refractivity contribution in [2.45, 2.75) is 12.8 Å². The Bertz CT molecular complexity index is 498. The summed E-state index contributed by atoms with van der Waals surface area (Å²) in [5, 5.41) is 17.1. The average Bonchev–Trinajstić information content (AvgIpc) is 2.45. The molecule has 0 heterocycles. The lowest BCUT2D eigenvalue weighted by Crippen LogP contribution is -1.96. The maximum absolute atomic E-state index is 8.59. The smallest absolute Gasteiger partial charge is 0.0472 e. The average molecular weight is 274 g/mol. The zero-order chi connectivity index (χ0) is 14.8. The van der Waals surface area contributed by atoms with Gasteiger partial charge < -0.3 is 21.7 Å². The highest BCUT2D eigenvalue weighted by molar-refractivity contribution is 5.46. The molecule has 0 spiro atoms. The largest absolute Gasteiger partial charge is 0.399 e. The van der Waals surface area contributed by atoms with Gasteiger partial charge in [-0.3, -0.25) is 0 Å². The van der Waals surface area contributed by atoms with Crippen molar-refractivity contribution in [3.63, 3.8) is 0 Å². The minimum Gasteiger partial charge on any atom is -0.399 e. The van der Waals surface area contributed by atoms with Gasteiger partial charge in [0.05, 0.1) is 0 Å². The molecule has 2 rings (SSSR count). The van der Waals surface area contributed by atoms with E-state index in [1.165, 1.54) is 0 Å². The molecular weight excluding hydrogens is 252 g/mol. The minimum absolute atomic E-state index is 0.161. The topological polar surface area (TPSA) is 92.5 Å². The number of nitrogens with two attached hydrogens (primary N) is 2. The van der Waals surface area contributed by atoms with Gasteiger partial charge in [-0.1, -0.05) is 30.3 Å². The van der Waals surface area contributed by atoms with E-state index in [1.54, 1.807) is 0 Å². The maximum atomic E-state index is 8.59.